The lowest BCUT2D eigenvalue weighted by Gasteiger charge is -2.32. The third kappa shape index (κ3) is 3.83. The van der Waals surface area contributed by atoms with E-state index in [1.807, 2.05) is 29.6 Å². The summed E-state index contributed by atoms with van der Waals surface area (Å²) in [6.45, 7) is 4.33. The molecule has 7 nitrogen and oxygen atoms in total. The molecule has 1 aliphatic heterocycles. The minimum absolute atomic E-state index is 0.0762. The van der Waals surface area contributed by atoms with Crippen molar-refractivity contribution in [2.75, 3.05) is 13.1 Å². The van der Waals surface area contributed by atoms with Crippen LogP contribution in [0.15, 0.2) is 43.1 Å². The molecule has 1 amide bonds. The van der Waals surface area contributed by atoms with Crippen molar-refractivity contribution in [1.29, 1.82) is 0 Å². The van der Waals surface area contributed by atoms with Crippen molar-refractivity contribution in [3.8, 4) is 0 Å². The Balaban J connectivity index is 1.49. The van der Waals surface area contributed by atoms with Crippen molar-refractivity contribution < 1.29 is 4.79 Å². The molecule has 0 saturated carbocycles. The van der Waals surface area contributed by atoms with Crippen molar-refractivity contribution in [3.05, 3.63) is 65.8 Å². The van der Waals surface area contributed by atoms with Gasteiger partial charge >= 0.3 is 0 Å². The fraction of sp³-hybridized carbons (Fsp3) is 0.429. The molecule has 0 unspecified atom stereocenters. The highest BCUT2D eigenvalue weighted by molar-refractivity contribution is 5.95. The second kappa shape index (κ2) is 8.37. The average Bonchev–Trinajstić information content (AvgIpc) is 3.38. The van der Waals surface area contributed by atoms with E-state index in [9.17, 15) is 4.79 Å². The molecule has 0 aromatic carbocycles. The lowest BCUT2D eigenvalue weighted by atomic mass is 9.96. The number of aromatic amines is 1. The normalized spacial score (nSPS) is 17.0. The number of rotatable bonds is 6. The standard InChI is InChI=1S/C21H26N6O/c1-2-5-19-18(13-24-25-19)21(28)27-10-4-7-17(15-27)20-23-9-11-26(20)14-16-6-3-8-22-12-16/h3,6,8-9,11-13,17H,2,4-5,7,10,14-15H2,1H3,(H,24,25)/t17-/m1/s1. The van der Waals surface area contributed by atoms with Crippen LogP contribution in [0.5, 0.6) is 0 Å². The van der Waals surface area contributed by atoms with E-state index in [1.54, 1.807) is 12.4 Å². The summed E-state index contributed by atoms with van der Waals surface area (Å²) in [6.07, 6.45) is 13.0. The summed E-state index contributed by atoms with van der Waals surface area (Å²) in [5.41, 5.74) is 2.79. The monoisotopic (exact) mass is 378 g/mol. The Morgan fingerprint density at radius 2 is 2.25 bits per heavy atom. The van der Waals surface area contributed by atoms with Crippen LogP contribution in [0.25, 0.3) is 0 Å². The molecule has 1 fully saturated rings. The molecule has 3 aromatic rings. The van der Waals surface area contributed by atoms with Crippen molar-refractivity contribution in [1.82, 2.24) is 29.6 Å². The molecule has 0 radical (unpaired) electrons. The predicted octanol–water partition coefficient (Wildman–Crippen LogP) is 3.02. The number of nitrogens with one attached hydrogen (secondary N) is 1. The van der Waals surface area contributed by atoms with Crippen LogP contribution in [0.3, 0.4) is 0 Å². The molecular formula is C21H26N6O. The number of pyridine rings is 1. The number of H-pyrrole nitrogens is 1. The van der Waals surface area contributed by atoms with Crippen LogP contribution in [0.4, 0.5) is 0 Å². The first kappa shape index (κ1) is 18.4. The van der Waals surface area contributed by atoms with Gasteiger partial charge in [0.15, 0.2) is 0 Å². The number of hydrogen-bond acceptors (Lipinski definition) is 4. The molecular weight excluding hydrogens is 352 g/mol. The molecule has 1 saturated heterocycles. The average molecular weight is 378 g/mol. The van der Waals surface area contributed by atoms with E-state index >= 15 is 0 Å². The zero-order valence-corrected chi connectivity index (χ0v) is 16.2. The first-order chi connectivity index (χ1) is 13.8. The van der Waals surface area contributed by atoms with Crippen LogP contribution in [0.2, 0.25) is 0 Å². The Hall–Kier alpha value is -2.96. The van der Waals surface area contributed by atoms with E-state index in [0.717, 1.165) is 55.9 Å². The second-order valence-electron chi connectivity index (χ2n) is 7.38. The topological polar surface area (TPSA) is 79.7 Å². The summed E-state index contributed by atoms with van der Waals surface area (Å²) in [5.74, 6) is 1.36. The van der Waals surface area contributed by atoms with Crippen molar-refractivity contribution >= 4 is 5.91 Å². The van der Waals surface area contributed by atoms with Crippen LogP contribution in [0.1, 0.15) is 59.5 Å². The minimum Gasteiger partial charge on any atom is -0.338 e. The zero-order valence-electron chi connectivity index (χ0n) is 16.2. The number of piperidine rings is 1. The van der Waals surface area contributed by atoms with Gasteiger partial charge in [0.2, 0.25) is 0 Å². The van der Waals surface area contributed by atoms with Gasteiger partial charge in [-0.3, -0.25) is 14.9 Å². The number of carbonyl (C=O) groups excluding carboxylic acids is 1. The van der Waals surface area contributed by atoms with E-state index in [-0.39, 0.29) is 11.8 Å². The van der Waals surface area contributed by atoms with Crippen molar-refractivity contribution in [2.24, 2.45) is 0 Å². The molecule has 3 aromatic heterocycles. The van der Waals surface area contributed by atoms with Gasteiger partial charge in [-0.15, -0.1) is 0 Å². The third-order valence-corrected chi connectivity index (χ3v) is 5.35. The Bertz CT molecular complexity index is 916. The number of nitrogens with zero attached hydrogens (tertiary/aromatic N) is 5. The van der Waals surface area contributed by atoms with Gasteiger partial charge in [-0.25, -0.2) is 4.98 Å². The van der Waals surface area contributed by atoms with E-state index < -0.39 is 0 Å². The van der Waals surface area contributed by atoms with Gasteiger partial charge in [0, 0.05) is 49.5 Å². The van der Waals surface area contributed by atoms with Gasteiger partial charge in [-0.05, 0) is 30.9 Å². The third-order valence-electron chi connectivity index (χ3n) is 5.35. The molecule has 7 heteroatoms. The van der Waals surface area contributed by atoms with Crippen LogP contribution in [0, 0.1) is 0 Å². The van der Waals surface area contributed by atoms with Gasteiger partial charge in [-0.1, -0.05) is 19.4 Å². The Morgan fingerprint density at radius 3 is 3.07 bits per heavy atom. The predicted molar refractivity (Wildman–Crippen MR) is 106 cm³/mol. The lowest BCUT2D eigenvalue weighted by Crippen LogP contribution is -2.40. The fourth-order valence-electron chi connectivity index (χ4n) is 3.98. The molecule has 1 aliphatic rings. The number of aryl methyl sites for hydroxylation is 1. The van der Waals surface area contributed by atoms with E-state index in [4.69, 9.17) is 0 Å². The van der Waals surface area contributed by atoms with Gasteiger partial charge in [0.25, 0.3) is 5.91 Å². The molecule has 146 valence electrons. The van der Waals surface area contributed by atoms with Crippen LogP contribution in [-0.2, 0) is 13.0 Å². The highest BCUT2D eigenvalue weighted by Crippen LogP contribution is 2.27. The maximum Gasteiger partial charge on any atom is 0.257 e. The number of amides is 1. The lowest BCUT2D eigenvalue weighted by molar-refractivity contribution is 0.0702. The molecule has 4 rings (SSSR count). The van der Waals surface area contributed by atoms with Crippen molar-refractivity contribution in [2.45, 2.75) is 45.1 Å². The minimum atomic E-state index is 0.0762. The molecule has 28 heavy (non-hydrogen) atoms. The number of imidazole rings is 1. The Labute approximate surface area is 164 Å². The summed E-state index contributed by atoms with van der Waals surface area (Å²) in [4.78, 5) is 23.9. The largest absolute Gasteiger partial charge is 0.338 e. The number of aromatic nitrogens is 5. The first-order valence-electron chi connectivity index (χ1n) is 9.97. The zero-order chi connectivity index (χ0) is 19.3. The summed E-state index contributed by atoms with van der Waals surface area (Å²) >= 11 is 0. The van der Waals surface area contributed by atoms with Crippen molar-refractivity contribution in [3.63, 3.8) is 0 Å². The summed E-state index contributed by atoms with van der Waals surface area (Å²) < 4.78 is 2.18. The molecule has 1 atom stereocenters. The maximum atomic E-state index is 13.1. The molecule has 0 bridgehead atoms. The summed E-state index contributed by atoms with van der Waals surface area (Å²) in [6, 6.07) is 4.02. The van der Waals surface area contributed by atoms with Crippen LogP contribution < -0.4 is 0 Å². The van der Waals surface area contributed by atoms with Gasteiger partial charge in [-0.2, -0.15) is 5.10 Å². The molecule has 0 aliphatic carbocycles. The Kier molecular flexibility index (Phi) is 5.50. The summed E-state index contributed by atoms with van der Waals surface area (Å²) in [5, 5.41) is 7.07. The highest BCUT2D eigenvalue weighted by Gasteiger charge is 2.29. The molecule has 4 heterocycles. The van der Waals surface area contributed by atoms with Gasteiger partial charge in [0.1, 0.15) is 5.82 Å². The van der Waals surface area contributed by atoms with E-state index in [2.05, 4.69) is 37.7 Å². The van der Waals surface area contributed by atoms with Gasteiger partial charge in [0.05, 0.1) is 18.3 Å². The first-order valence-corrected chi connectivity index (χ1v) is 9.97. The quantitative estimate of drug-likeness (QED) is 0.715. The maximum absolute atomic E-state index is 13.1. The SMILES string of the molecule is CCCc1[nH]ncc1C(=O)N1CCC[C@@H](c2nccn2Cc2cccnc2)C1. The van der Waals surface area contributed by atoms with Gasteiger partial charge < -0.3 is 9.47 Å². The van der Waals surface area contributed by atoms with Crippen LogP contribution >= 0.6 is 0 Å². The van der Waals surface area contributed by atoms with Crippen LogP contribution in [-0.4, -0.2) is 48.6 Å². The number of likely N-dealkylation sites (tertiary alicyclic amines) is 1. The van der Waals surface area contributed by atoms with E-state index in [0.29, 0.717) is 12.1 Å². The van der Waals surface area contributed by atoms with E-state index in [1.165, 1.54) is 0 Å². The fourth-order valence-corrected chi connectivity index (χ4v) is 3.98. The summed E-state index contributed by atoms with van der Waals surface area (Å²) in [7, 11) is 0. The number of carbonyl (C=O) groups is 1. The molecule has 0 spiro atoms. The smallest absolute Gasteiger partial charge is 0.257 e. The number of hydrogen-bond donors (Lipinski definition) is 1. The highest BCUT2D eigenvalue weighted by atomic mass is 16.2. The second-order valence-corrected chi connectivity index (χ2v) is 7.38. The molecule has 1 N–H and O–H groups in total. The Morgan fingerprint density at radius 1 is 1.32 bits per heavy atom.